The molecule has 2 heterocycles. The summed E-state index contributed by atoms with van der Waals surface area (Å²) in [5, 5.41) is 11.4. The first-order valence-corrected chi connectivity index (χ1v) is 10.5. The summed E-state index contributed by atoms with van der Waals surface area (Å²) < 4.78 is 16.0. The van der Waals surface area contributed by atoms with Gasteiger partial charge in [-0.05, 0) is 53.6 Å². The lowest BCUT2D eigenvalue weighted by molar-refractivity contribution is -0.140. The van der Waals surface area contributed by atoms with E-state index >= 15 is 0 Å². The molecule has 2 aromatic carbocycles. The van der Waals surface area contributed by atoms with Crippen LogP contribution in [0.2, 0.25) is 0 Å². The molecule has 8 nitrogen and oxygen atoms in total. The van der Waals surface area contributed by atoms with E-state index in [0.717, 1.165) is 5.56 Å². The van der Waals surface area contributed by atoms with Crippen molar-refractivity contribution < 1.29 is 28.9 Å². The second-order valence-electron chi connectivity index (χ2n) is 7.63. The maximum atomic E-state index is 13.3. The number of ether oxygens (including phenoxy) is 3. The van der Waals surface area contributed by atoms with Gasteiger partial charge in [-0.15, -0.1) is 0 Å². The zero-order valence-electron chi connectivity index (χ0n) is 19.0. The minimum absolute atomic E-state index is 0.0427. The number of benzene rings is 2. The number of Topliss-reactive ketones (excluding diaryl/α,β-unsaturated/α-hetero) is 1. The molecular weight excluding hydrogens is 436 g/mol. The zero-order chi connectivity index (χ0) is 24.2. The predicted molar refractivity (Wildman–Crippen MR) is 125 cm³/mol. The Labute approximate surface area is 197 Å². The van der Waals surface area contributed by atoms with Gasteiger partial charge in [0.05, 0.1) is 38.5 Å². The molecule has 1 N–H and O–H groups in total. The number of hydrogen-bond acceptors (Lipinski definition) is 7. The number of aromatic nitrogens is 1. The van der Waals surface area contributed by atoms with Crippen molar-refractivity contribution in [3.05, 3.63) is 89.3 Å². The average Bonchev–Trinajstić information content (AvgIpc) is 3.13. The Morgan fingerprint density at radius 2 is 1.65 bits per heavy atom. The fourth-order valence-electron chi connectivity index (χ4n) is 4.03. The van der Waals surface area contributed by atoms with Crippen LogP contribution in [0, 0.1) is 0 Å². The number of rotatable bonds is 7. The van der Waals surface area contributed by atoms with Crippen molar-refractivity contribution in [1.29, 1.82) is 0 Å². The standard InChI is InChI=1S/C26H24N2O6/c1-32-18-6-4-5-17(13-18)23-22(24(29)20-14-19(33-2)7-8-21(20)34-3)25(30)26(31)28(23)15-16-9-11-27-12-10-16/h4-14,23,29H,15H2,1-3H3/b24-22+. The highest BCUT2D eigenvalue weighted by Crippen LogP contribution is 2.42. The molecule has 0 aliphatic carbocycles. The Bertz CT molecular complexity index is 1260. The highest BCUT2D eigenvalue weighted by Gasteiger charge is 2.46. The van der Waals surface area contributed by atoms with Gasteiger partial charge in [0.1, 0.15) is 23.0 Å². The van der Waals surface area contributed by atoms with E-state index in [2.05, 4.69) is 4.98 Å². The largest absolute Gasteiger partial charge is 0.507 e. The second-order valence-corrected chi connectivity index (χ2v) is 7.63. The molecule has 1 amide bonds. The Hall–Kier alpha value is -4.33. The van der Waals surface area contributed by atoms with Gasteiger partial charge in [-0.25, -0.2) is 0 Å². The highest BCUT2D eigenvalue weighted by molar-refractivity contribution is 6.46. The van der Waals surface area contributed by atoms with Gasteiger partial charge in [-0.2, -0.15) is 0 Å². The Kier molecular flexibility index (Phi) is 6.49. The van der Waals surface area contributed by atoms with E-state index in [9.17, 15) is 14.7 Å². The number of amides is 1. The third-order valence-electron chi connectivity index (χ3n) is 5.71. The van der Waals surface area contributed by atoms with Crippen LogP contribution in [0.3, 0.4) is 0 Å². The molecule has 1 fully saturated rings. The van der Waals surface area contributed by atoms with Crippen LogP contribution < -0.4 is 14.2 Å². The van der Waals surface area contributed by atoms with Crippen molar-refractivity contribution in [1.82, 2.24) is 9.88 Å². The van der Waals surface area contributed by atoms with Gasteiger partial charge in [0.2, 0.25) is 0 Å². The first-order chi connectivity index (χ1) is 16.5. The van der Waals surface area contributed by atoms with Gasteiger partial charge >= 0.3 is 0 Å². The number of methoxy groups -OCH3 is 3. The molecule has 0 bridgehead atoms. The molecule has 1 unspecified atom stereocenters. The first kappa shape index (κ1) is 22.8. The summed E-state index contributed by atoms with van der Waals surface area (Å²) >= 11 is 0. The number of pyridine rings is 1. The third-order valence-corrected chi connectivity index (χ3v) is 5.71. The highest BCUT2D eigenvalue weighted by atomic mass is 16.5. The summed E-state index contributed by atoms with van der Waals surface area (Å²) in [6.45, 7) is 0.154. The summed E-state index contributed by atoms with van der Waals surface area (Å²) in [5.41, 5.74) is 1.62. The van der Waals surface area contributed by atoms with E-state index < -0.39 is 17.7 Å². The normalized spacial score (nSPS) is 17.0. The number of nitrogens with zero attached hydrogens (tertiary/aromatic N) is 2. The average molecular weight is 460 g/mol. The molecule has 174 valence electrons. The summed E-state index contributed by atoms with van der Waals surface area (Å²) in [6.07, 6.45) is 3.24. The summed E-state index contributed by atoms with van der Waals surface area (Å²) in [6, 6.07) is 14.6. The molecular formula is C26H24N2O6. The van der Waals surface area contributed by atoms with E-state index in [4.69, 9.17) is 14.2 Å². The Morgan fingerprint density at radius 3 is 2.32 bits per heavy atom. The molecule has 8 heteroatoms. The van der Waals surface area contributed by atoms with E-state index in [1.807, 2.05) is 0 Å². The molecule has 1 atom stereocenters. The van der Waals surface area contributed by atoms with Crippen LogP contribution in [-0.2, 0) is 16.1 Å². The molecule has 3 aromatic rings. The number of ketones is 1. The van der Waals surface area contributed by atoms with Gasteiger partial charge in [0.25, 0.3) is 11.7 Å². The minimum Gasteiger partial charge on any atom is -0.507 e. The summed E-state index contributed by atoms with van der Waals surface area (Å²) in [4.78, 5) is 31.9. The van der Waals surface area contributed by atoms with Crippen LogP contribution >= 0.6 is 0 Å². The van der Waals surface area contributed by atoms with Gasteiger partial charge in [0, 0.05) is 18.9 Å². The number of carbonyl (C=O) groups is 2. The SMILES string of the molecule is COc1cccc(C2/C(=C(\O)c3cc(OC)ccc3OC)C(=O)C(=O)N2Cc2ccncc2)c1. The topological polar surface area (TPSA) is 98.2 Å². The monoisotopic (exact) mass is 460 g/mol. The maximum absolute atomic E-state index is 13.3. The van der Waals surface area contributed by atoms with Crippen LogP contribution in [0.4, 0.5) is 0 Å². The lowest BCUT2D eigenvalue weighted by atomic mass is 9.94. The second kappa shape index (κ2) is 9.66. The molecule has 1 aliphatic rings. The van der Waals surface area contributed by atoms with Crippen molar-refractivity contribution in [2.45, 2.75) is 12.6 Å². The van der Waals surface area contributed by atoms with Crippen LogP contribution in [0.5, 0.6) is 17.2 Å². The van der Waals surface area contributed by atoms with Crippen LogP contribution in [0.1, 0.15) is 22.7 Å². The predicted octanol–water partition coefficient (Wildman–Crippen LogP) is 3.73. The molecule has 0 spiro atoms. The first-order valence-electron chi connectivity index (χ1n) is 10.5. The lowest BCUT2D eigenvalue weighted by Crippen LogP contribution is -2.29. The van der Waals surface area contributed by atoms with E-state index in [1.54, 1.807) is 67.0 Å². The molecule has 1 aliphatic heterocycles. The third kappa shape index (κ3) is 4.17. The fourth-order valence-corrected chi connectivity index (χ4v) is 4.03. The quantitative estimate of drug-likeness (QED) is 0.326. The Balaban J connectivity index is 1.92. The van der Waals surface area contributed by atoms with Crippen molar-refractivity contribution >= 4 is 17.4 Å². The van der Waals surface area contributed by atoms with E-state index in [-0.39, 0.29) is 23.4 Å². The number of hydrogen-bond donors (Lipinski definition) is 1. The van der Waals surface area contributed by atoms with Crippen LogP contribution in [0.25, 0.3) is 5.76 Å². The number of aliphatic hydroxyl groups excluding tert-OH is 1. The van der Waals surface area contributed by atoms with Gasteiger partial charge < -0.3 is 24.2 Å². The number of likely N-dealkylation sites (tertiary alicyclic amines) is 1. The maximum Gasteiger partial charge on any atom is 0.295 e. The lowest BCUT2D eigenvalue weighted by Gasteiger charge is -2.26. The molecule has 4 rings (SSSR count). The van der Waals surface area contributed by atoms with Crippen molar-refractivity contribution in [3.8, 4) is 17.2 Å². The Morgan fingerprint density at radius 1 is 0.941 bits per heavy atom. The van der Waals surface area contributed by atoms with Gasteiger partial charge in [0.15, 0.2) is 0 Å². The van der Waals surface area contributed by atoms with Gasteiger partial charge in [-0.1, -0.05) is 12.1 Å². The number of carbonyl (C=O) groups excluding carboxylic acids is 2. The van der Waals surface area contributed by atoms with Crippen molar-refractivity contribution in [2.24, 2.45) is 0 Å². The van der Waals surface area contributed by atoms with Crippen LogP contribution in [-0.4, -0.2) is 48.0 Å². The zero-order valence-corrected chi connectivity index (χ0v) is 19.0. The van der Waals surface area contributed by atoms with Crippen LogP contribution in [0.15, 0.2) is 72.6 Å². The molecule has 1 saturated heterocycles. The van der Waals surface area contributed by atoms with Crippen molar-refractivity contribution in [3.63, 3.8) is 0 Å². The molecule has 0 saturated carbocycles. The molecule has 34 heavy (non-hydrogen) atoms. The van der Waals surface area contributed by atoms with Gasteiger partial charge in [-0.3, -0.25) is 14.6 Å². The van der Waals surface area contributed by atoms with Crippen molar-refractivity contribution in [2.75, 3.05) is 21.3 Å². The smallest absolute Gasteiger partial charge is 0.295 e. The molecule has 0 radical (unpaired) electrons. The summed E-state index contributed by atoms with van der Waals surface area (Å²) in [7, 11) is 4.49. The fraction of sp³-hybridized carbons (Fsp3) is 0.192. The molecule has 1 aromatic heterocycles. The minimum atomic E-state index is -0.848. The van der Waals surface area contributed by atoms with E-state index in [1.165, 1.54) is 26.2 Å². The summed E-state index contributed by atoms with van der Waals surface area (Å²) in [5.74, 6) is -0.489. The number of aliphatic hydroxyl groups is 1. The van der Waals surface area contributed by atoms with E-state index in [0.29, 0.717) is 22.8 Å².